The monoisotopic (exact) mass is 578 g/mol. The second-order valence-electron chi connectivity index (χ2n) is 10.7. The van der Waals surface area contributed by atoms with E-state index in [9.17, 15) is 13.5 Å². The molecule has 1 aliphatic carbocycles. The van der Waals surface area contributed by atoms with Gasteiger partial charge in [0.25, 0.3) is 10.0 Å². The first-order valence-corrected chi connectivity index (χ1v) is 15.8. The lowest BCUT2D eigenvalue weighted by Crippen LogP contribution is -2.30. The van der Waals surface area contributed by atoms with E-state index in [1.807, 2.05) is 48.5 Å². The van der Waals surface area contributed by atoms with Gasteiger partial charge in [-0.3, -0.25) is 4.72 Å². The summed E-state index contributed by atoms with van der Waals surface area (Å²) in [6, 6.07) is 31.8. The van der Waals surface area contributed by atoms with Crippen LogP contribution in [0.25, 0.3) is 10.9 Å². The summed E-state index contributed by atoms with van der Waals surface area (Å²) >= 11 is 0. The van der Waals surface area contributed by atoms with E-state index < -0.39 is 10.0 Å². The molecule has 4 N–H and O–H groups in total. The molecule has 1 fully saturated rings. The normalized spacial score (nSPS) is 14.7. The third kappa shape index (κ3) is 6.25. The summed E-state index contributed by atoms with van der Waals surface area (Å²) < 4.78 is 29.1. The molecular formula is C34H34N4O3S. The molecule has 1 saturated carbocycles. The molecule has 0 aliphatic heterocycles. The first-order chi connectivity index (χ1) is 20.5. The Morgan fingerprint density at radius 1 is 0.857 bits per heavy atom. The Morgan fingerprint density at radius 3 is 2.26 bits per heavy atom. The zero-order valence-corrected chi connectivity index (χ0v) is 24.1. The topological polar surface area (TPSA) is 107 Å². The highest BCUT2D eigenvalue weighted by Gasteiger charge is 2.22. The fraction of sp³-hybridized carbons (Fsp3) is 0.206. The number of H-pyrrole nitrogens is 1. The van der Waals surface area contributed by atoms with Crippen molar-refractivity contribution in [1.29, 1.82) is 0 Å². The van der Waals surface area contributed by atoms with Gasteiger partial charge in [-0.1, -0.05) is 79.9 Å². The minimum atomic E-state index is -3.87. The summed E-state index contributed by atoms with van der Waals surface area (Å²) in [5, 5.41) is 15.3. The average molecular weight is 579 g/mol. The second kappa shape index (κ2) is 12.2. The Morgan fingerprint density at radius 2 is 1.55 bits per heavy atom. The fourth-order valence-electron chi connectivity index (χ4n) is 5.53. The van der Waals surface area contributed by atoms with Gasteiger partial charge in [-0.05, 0) is 60.9 Å². The molecule has 1 heterocycles. The summed E-state index contributed by atoms with van der Waals surface area (Å²) in [6.07, 6.45) is 6.41. The number of fused-ring (bicyclic) bond motifs is 1. The van der Waals surface area contributed by atoms with Crippen LogP contribution in [0.4, 0.5) is 11.4 Å². The largest absolute Gasteiger partial charge is 0.494 e. The van der Waals surface area contributed by atoms with Gasteiger partial charge in [-0.25, -0.2) is 13.4 Å². The number of sulfonamides is 1. The third-order valence-electron chi connectivity index (χ3n) is 7.75. The molecule has 0 spiro atoms. The Kier molecular flexibility index (Phi) is 8.08. The zero-order valence-electron chi connectivity index (χ0n) is 23.3. The molecule has 0 saturated heterocycles. The van der Waals surface area contributed by atoms with Crippen LogP contribution in [0.3, 0.4) is 0 Å². The summed E-state index contributed by atoms with van der Waals surface area (Å²) in [5.74, 6) is -0.0773. The number of hydrogen-bond acceptors (Lipinski definition) is 5. The second-order valence-corrected chi connectivity index (χ2v) is 12.4. The predicted molar refractivity (Wildman–Crippen MR) is 169 cm³/mol. The molecular weight excluding hydrogens is 544 g/mol. The lowest BCUT2D eigenvalue weighted by Gasteiger charge is -2.22. The maximum absolute atomic E-state index is 13.3. The zero-order chi connectivity index (χ0) is 28.9. The molecule has 0 radical (unpaired) electrons. The maximum Gasteiger partial charge on any atom is 0.261 e. The molecule has 5 aromatic rings. The SMILES string of the molecule is O=S(=O)(Nc1ccccc1)c1ccc2[nH]c(O)c(C(=Nc3ccc(CNC4CCCCC4)cc3)c3ccccc3)c2c1. The molecule has 0 bridgehead atoms. The molecule has 1 aliphatic rings. The number of aliphatic imine (C=N–C) groups is 1. The van der Waals surface area contributed by atoms with Crippen LogP contribution in [0, 0.1) is 0 Å². The van der Waals surface area contributed by atoms with E-state index in [1.165, 1.54) is 43.7 Å². The summed E-state index contributed by atoms with van der Waals surface area (Å²) in [4.78, 5) is 8.07. The van der Waals surface area contributed by atoms with E-state index >= 15 is 0 Å². The average Bonchev–Trinajstić information content (AvgIpc) is 3.35. The van der Waals surface area contributed by atoms with Crippen molar-refractivity contribution in [3.8, 4) is 5.88 Å². The molecule has 7 nitrogen and oxygen atoms in total. The van der Waals surface area contributed by atoms with Gasteiger partial charge in [0.15, 0.2) is 5.88 Å². The van der Waals surface area contributed by atoms with Crippen LogP contribution in [0.2, 0.25) is 0 Å². The van der Waals surface area contributed by atoms with Gasteiger partial charge in [0, 0.05) is 34.7 Å². The van der Waals surface area contributed by atoms with Crippen molar-refractivity contribution >= 4 is 38.0 Å². The van der Waals surface area contributed by atoms with Crippen molar-refractivity contribution in [3.05, 3.63) is 120 Å². The van der Waals surface area contributed by atoms with Gasteiger partial charge >= 0.3 is 0 Å². The van der Waals surface area contributed by atoms with Crippen molar-refractivity contribution in [2.24, 2.45) is 4.99 Å². The van der Waals surface area contributed by atoms with Crippen molar-refractivity contribution in [3.63, 3.8) is 0 Å². The Hall–Kier alpha value is -4.40. The van der Waals surface area contributed by atoms with E-state index in [0.717, 1.165) is 17.8 Å². The van der Waals surface area contributed by atoms with Gasteiger partial charge in [0.05, 0.1) is 21.9 Å². The Labute approximate surface area is 246 Å². The maximum atomic E-state index is 13.3. The van der Waals surface area contributed by atoms with E-state index in [-0.39, 0.29) is 10.8 Å². The number of aromatic amines is 1. The minimum Gasteiger partial charge on any atom is -0.494 e. The first-order valence-electron chi connectivity index (χ1n) is 14.4. The summed E-state index contributed by atoms with van der Waals surface area (Å²) in [7, 11) is -3.87. The molecule has 0 atom stereocenters. The molecule has 42 heavy (non-hydrogen) atoms. The number of nitrogens with zero attached hydrogens (tertiary/aromatic N) is 1. The van der Waals surface area contributed by atoms with E-state index in [2.05, 4.69) is 27.2 Å². The molecule has 0 unspecified atom stereocenters. The minimum absolute atomic E-state index is 0.0773. The Balaban J connectivity index is 1.35. The van der Waals surface area contributed by atoms with Gasteiger partial charge in [-0.2, -0.15) is 0 Å². The van der Waals surface area contributed by atoms with Gasteiger partial charge in [-0.15, -0.1) is 0 Å². The lowest BCUT2D eigenvalue weighted by molar-refractivity contribution is 0.372. The van der Waals surface area contributed by atoms with Crippen LogP contribution in [-0.2, 0) is 16.6 Å². The molecule has 6 rings (SSSR count). The number of hydrogen-bond donors (Lipinski definition) is 4. The summed E-state index contributed by atoms with van der Waals surface area (Å²) in [6.45, 7) is 0.817. The Bertz CT molecular complexity index is 1790. The van der Waals surface area contributed by atoms with Gasteiger partial charge in [0.1, 0.15) is 0 Å². The fourth-order valence-corrected chi connectivity index (χ4v) is 6.62. The standard InChI is InChI=1S/C34H34N4O3S/c39-34-32(30-22-29(20-21-31(30)37-34)42(40,41)38-28-14-8-3-9-15-28)33(25-10-4-1-5-11-25)36-27-18-16-24(17-19-27)23-35-26-12-6-2-7-13-26/h1,3-5,8-11,14-22,26,35,37-39H,2,6-7,12-13,23H2. The van der Waals surface area contributed by atoms with Gasteiger partial charge < -0.3 is 15.4 Å². The number of rotatable bonds is 9. The highest BCUT2D eigenvalue weighted by molar-refractivity contribution is 7.92. The quantitative estimate of drug-likeness (QED) is 0.138. The number of aromatic nitrogens is 1. The van der Waals surface area contributed by atoms with Crippen molar-refractivity contribution in [2.45, 2.75) is 49.6 Å². The smallest absolute Gasteiger partial charge is 0.261 e. The van der Waals surface area contributed by atoms with Crippen LogP contribution in [0.1, 0.15) is 48.8 Å². The number of para-hydroxylation sites is 1. The third-order valence-corrected chi connectivity index (χ3v) is 9.13. The molecule has 8 heteroatoms. The number of anilines is 1. The van der Waals surface area contributed by atoms with Crippen LogP contribution in [0.15, 0.2) is 113 Å². The van der Waals surface area contributed by atoms with Crippen LogP contribution in [-0.4, -0.2) is 30.3 Å². The van der Waals surface area contributed by atoms with E-state index in [1.54, 1.807) is 36.4 Å². The highest BCUT2D eigenvalue weighted by atomic mass is 32.2. The number of aromatic hydroxyl groups is 1. The molecule has 214 valence electrons. The van der Waals surface area contributed by atoms with Crippen molar-refractivity contribution < 1.29 is 13.5 Å². The van der Waals surface area contributed by atoms with Crippen LogP contribution >= 0.6 is 0 Å². The lowest BCUT2D eigenvalue weighted by atomic mass is 9.95. The summed E-state index contributed by atoms with van der Waals surface area (Å²) in [5.41, 5.74) is 4.78. The van der Waals surface area contributed by atoms with E-state index in [4.69, 9.17) is 4.99 Å². The van der Waals surface area contributed by atoms with Crippen molar-refractivity contribution in [1.82, 2.24) is 10.3 Å². The van der Waals surface area contributed by atoms with Crippen LogP contribution in [0.5, 0.6) is 5.88 Å². The number of nitrogens with one attached hydrogen (secondary N) is 3. The van der Waals surface area contributed by atoms with Crippen molar-refractivity contribution in [2.75, 3.05) is 4.72 Å². The molecule has 4 aromatic carbocycles. The number of benzene rings is 4. The molecule has 0 amide bonds. The predicted octanol–water partition coefficient (Wildman–Crippen LogP) is 7.27. The highest BCUT2D eigenvalue weighted by Crippen LogP contribution is 2.33. The van der Waals surface area contributed by atoms with Crippen LogP contribution < -0.4 is 10.0 Å². The molecule has 1 aromatic heterocycles. The van der Waals surface area contributed by atoms with E-state index in [0.29, 0.717) is 33.9 Å². The van der Waals surface area contributed by atoms with Gasteiger partial charge in [0.2, 0.25) is 0 Å². The first kappa shape index (κ1) is 27.8.